The number of halogens is 1. The summed E-state index contributed by atoms with van der Waals surface area (Å²) in [6, 6.07) is 7.41. The second-order valence-electron chi connectivity index (χ2n) is 14.1. The molecule has 8 heteroatoms. The Balaban J connectivity index is 0.00000266. The fraction of sp³-hybridized carbons (Fsp3) is 0.400. The van der Waals surface area contributed by atoms with E-state index >= 15 is 4.39 Å². The molecule has 0 unspecified atom stereocenters. The van der Waals surface area contributed by atoms with E-state index in [1.807, 2.05) is 46.0 Å². The quantitative estimate of drug-likeness (QED) is 0.107. The first-order valence-corrected chi connectivity index (χ1v) is 19.6. The van der Waals surface area contributed by atoms with Crippen molar-refractivity contribution in [2.45, 2.75) is 91.9 Å². The minimum atomic E-state index is -0.248. The van der Waals surface area contributed by atoms with E-state index in [1.165, 1.54) is 58.0 Å². The Bertz CT molecular complexity index is 1960. The smallest absolute Gasteiger partial charge is 0.181 e. The van der Waals surface area contributed by atoms with Crippen molar-refractivity contribution >= 4 is 22.2 Å². The average Bonchev–Trinajstić information content (AvgIpc) is 3.93. The minimum Gasteiger partial charge on any atom is -0.359 e. The number of rotatable bonds is 15. The fourth-order valence-corrected chi connectivity index (χ4v) is 7.61. The van der Waals surface area contributed by atoms with Crippen LogP contribution in [0.25, 0.3) is 33.7 Å². The van der Waals surface area contributed by atoms with Crippen LogP contribution in [0.4, 0.5) is 4.39 Å². The van der Waals surface area contributed by atoms with E-state index < -0.39 is 0 Å². The van der Waals surface area contributed by atoms with Crippen molar-refractivity contribution < 1.29 is 4.39 Å². The number of likely N-dealkylation sites (tertiary alicyclic amines) is 1. The van der Waals surface area contributed by atoms with Crippen LogP contribution in [0.2, 0.25) is 0 Å². The first-order chi connectivity index (χ1) is 25.8. The molecule has 1 aliphatic heterocycles. The SMILES string of the molecule is C=C/C=C(/c1cc(F)cc(CCCN2CCCC2)c1)c1nc(-c2[nH]nc3ncc(C(/C=C(\C=C)NC(=C)CC4CCCCC4)=C/C)cc23)[nH]c1C.CC. The summed E-state index contributed by atoms with van der Waals surface area (Å²) in [6.45, 7) is 23.7. The third-order valence-corrected chi connectivity index (χ3v) is 10.2. The molecule has 53 heavy (non-hydrogen) atoms. The van der Waals surface area contributed by atoms with Crippen LogP contribution >= 0.6 is 0 Å². The summed E-state index contributed by atoms with van der Waals surface area (Å²) in [5.41, 5.74) is 9.36. The van der Waals surface area contributed by atoms with Crippen molar-refractivity contribution in [1.29, 1.82) is 0 Å². The molecule has 1 aliphatic carbocycles. The molecule has 0 amide bonds. The molecular weight excluding hydrogens is 658 g/mol. The van der Waals surface area contributed by atoms with E-state index in [0.717, 1.165) is 87.5 Å². The maximum atomic E-state index is 15.0. The fourth-order valence-electron chi connectivity index (χ4n) is 7.61. The zero-order valence-corrected chi connectivity index (χ0v) is 32.3. The molecule has 2 aliphatic rings. The van der Waals surface area contributed by atoms with E-state index in [-0.39, 0.29) is 5.82 Å². The molecule has 3 N–H and O–H groups in total. The van der Waals surface area contributed by atoms with Gasteiger partial charge >= 0.3 is 0 Å². The van der Waals surface area contributed by atoms with Gasteiger partial charge in [-0.05, 0) is 119 Å². The average molecular weight is 716 g/mol. The van der Waals surface area contributed by atoms with Gasteiger partial charge in [-0.3, -0.25) is 5.10 Å². The van der Waals surface area contributed by atoms with Gasteiger partial charge in [-0.25, -0.2) is 14.4 Å². The van der Waals surface area contributed by atoms with Crippen molar-refractivity contribution in [2.75, 3.05) is 19.6 Å². The molecule has 4 aromatic rings. The number of benzene rings is 1. The number of aromatic amines is 2. The highest BCUT2D eigenvalue weighted by Gasteiger charge is 2.20. The number of H-pyrrole nitrogens is 2. The molecule has 7 nitrogen and oxygen atoms in total. The topological polar surface area (TPSA) is 85.5 Å². The molecular formula is C45H58FN7. The van der Waals surface area contributed by atoms with Crippen molar-refractivity contribution in [3.8, 4) is 11.5 Å². The van der Waals surface area contributed by atoms with Gasteiger partial charge in [0.15, 0.2) is 11.5 Å². The molecule has 1 aromatic carbocycles. The molecule has 6 rings (SSSR count). The van der Waals surface area contributed by atoms with Gasteiger partial charge in [0.25, 0.3) is 0 Å². The lowest BCUT2D eigenvalue weighted by Crippen LogP contribution is -2.20. The molecule has 3 aromatic heterocycles. The summed E-state index contributed by atoms with van der Waals surface area (Å²) in [4.78, 5) is 15.7. The number of fused-ring (bicyclic) bond motifs is 1. The Labute approximate surface area is 316 Å². The van der Waals surface area contributed by atoms with Crippen LogP contribution in [-0.4, -0.2) is 49.7 Å². The Morgan fingerprint density at radius 1 is 1.04 bits per heavy atom. The summed E-state index contributed by atoms with van der Waals surface area (Å²) in [7, 11) is 0. The van der Waals surface area contributed by atoms with Crippen LogP contribution < -0.4 is 5.32 Å². The van der Waals surface area contributed by atoms with E-state index in [2.05, 4.69) is 69.4 Å². The molecule has 0 spiro atoms. The highest BCUT2D eigenvalue weighted by atomic mass is 19.1. The zero-order valence-electron chi connectivity index (χ0n) is 32.3. The van der Waals surface area contributed by atoms with E-state index in [4.69, 9.17) is 9.97 Å². The van der Waals surface area contributed by atoms with Gasteiger partial charge in [0, 0.05) is 34.4 Å². The normalized spacial score (nSPS) is 16.1. The Morgan fingerprint density at radius 3 is 2.53 bits per heavy atom. The minimum absolute atomic E-state index is 0.248. The Morgan fingerprint density at radius 2 is 1.81 bits per heavy atom. The Hall–Kier alpha value is -4.82. The molecule has 1 saturated heterocycles. The first-order valence-electron chi connectivity index (χ1n) is 19.6. The van der Waals surface area contributed by atoms with Crippen LogP contribution in [0.5, 0.6) is 0 Å². The van der Waals surface area contributed by atoms with Gasteiger partial charge in [0.05, 0.1) is 11.1 Å². The number of hydrogen-bond acceptors (Lipinski definition) is 5. The third kappa shape index (κ3) is 10.2. The summed E-state index contributed by atoms with van der Waals surface area (Å²) in [5.74, 6) is 1.08. The van der Waals surface area contributed by atoms with Crippen LogP contribution in [-0.2, 0) is 6.42 Å². The number of nitrogens with zero attached hydrogens (tertiary/aromatic N) is 4. The van der Waals surface area contributed by atoms with Gasteiger partial charge in [-0.15, -0.1) is 0 Å². The number of allylic oxidation sites excluding steroid dienone is 7. The van der Waals surface area contributed by atoms with Gasteiger partial charge in [0.2, 0.25) is 0 Å². The van der Waals surface area contributed by atoms with Crippen molar-refractivity contribution in [3.63, 3.8) is 0 Å². The maximum absolute atomic E-state index is 15.0. The molecule has 0 atom stereocenters. The first kappa shape index (κ1) is 39.4. The zero-order chi connectivity index (χ0) is 37.7. The maximum Gasteiger partial charge on any atom is 0.181 e. The van der Waals surface area contributed by atoms with Crippen molar-refractivity contribution in [3.05, 3.63) is 126 Å². The predicted octanol–water partition coefficient (Wildman–Crippen LogP) is 11.0. The van der Waals surface area contributed by atoms with Gasteiger partial charge in [0.1, 0.15) is 11.5 Å². The Kier molecular flexibility index (Phi) is 14.4. The summed E-state index contributed by atoms with van der Waals surface area (Å²) < 4.78 is 15.0. The van der Waals surface area contributed by atoms with Gasteiger partial charge < -0.3 is 15.2 Å². The van der Waals surface area contributed by atoms with Gasteiger partial charge in [-0.1, -0.05) is 90.0 Å². The van der Waals surface area contributed by atoms with Crippen LogP contribution in [0, 0.1) is 18.7 Å². The lowest BCUT2D eigenvalue weighted by Gasteiger charge is -2.23. The van der Waals surface area contributed by atoms with E-state index in [9.17, 15) is 0 Å². The molecule has 0 bridgehead atoms. The lowest BCUT2D eigenvalue weighted by molar-refractivity contribution is 0.334. The number of imidazole rings is 1. The van der Waals surface area contributed by atoms with Crippen LogP contribution in [0.15, 0.2) is 92.0 Å². The van der Waals surface area contributed by atoms with Gasteiger partial charge in [-0.2, -0.15) is 5.10 Å². The predicted molar refractivity (Wildman–Crippen MR) is 221 cm³/mol. The molecule has 4 heterocycles. The van der Waals surface area contributed by atoms with Crippen LogP contribution in [0.1, 0.15) is 107 Å². The number of pyridine rings is 1. The highest BCUT2D eigenvalue weighted by molar-refractivity contribution is 5.92. The number of aromatic nitrogens is 5. The van der Waals surface area contributed by atoms with Crippen molar-refractivity contribution in [2.24, 2.45) is 5.92 Å². The highest BCUT2D eigenvalue weighted by Crippen LogP contribution is 2.33. The van der Waals surface area contributed by atoms with Crippen molar-refractivity contribution in [1.82, 2.24) is 35.4 Å². The van der Waals surface area contributed by atoms with Crippen LogP contribution in [0.3, 0.4) is 0 Å². The van der Waals surface area contributed by atoms with E-state index in [0.29, 0.717) is 17.4 Å². The molecule has 0 radical (unpaired) electrons. The summed E-state index contributed by atoms with van der Waals surface area (Å²) >= 11 is 0. The summed E-state index contributed by atoms with van der Waals surface area (Å²) in [6.07, 6.45) is 23.4. The second kappa shape index (κ2) is 19.3. The molecule has 280 valence electrons. The third-order valence-electron chi connectivity index (χ3n) is 10.2. The lowest BCUT2D eigenvalue weighted by atomic mass is 9.86. The summed E-state index contributed by atoms with van der Waals surface area (Å²) in [5, 5.41) is 12.0. The standard InChI is InChI=1S/C43H52FN7.C2H6/c1-6-15-38(34-23-32(24-36(44)25-34)18-14-21-51-19-12-13-20-51)40-30(5)47-43(48-40)41-39-27-35(28-45-42(39)50-49-41)33(7-2)26-37(8-3)46-29(4)22-31-16-10-9-11-17-31;1-2/h6-8,15,23-28,31,46H,1,3-4,9-14,16-22H2,2,5H3,(H,47,48)(H,45,49,50);1-2H3/b33-7+,37-26+,38-15-;. The number of hydrogen-bond donors (Lipinski definition) is 3. The largest absolute Gasteiger partial charge is 0.359 e. The molecule has 2 fully saturated rings. The number of aryl methyl sites for hydroxylation is 2. The second-order valence-corrected chi connectivity index (χ2v) is 14.1. The molecule has 1 saturated carbocycles. The van der Waals surface area contributed by atoms with E-state index in [1.54, 1.807) is 18.2 Å². The number of nitrogens with one attached hydrogen (secondary N) is 3. The monoisotopic (exact) mass is 715 g/mol.